The second kappa shape index (κ2) is 8.35. The number of ether oxygens (including phenoxy) is 2. The molecule has 0 aliphatic carbocycles. The number of methoxy groups -OCH3 is 2. The van der Waals surface area contributed by atoms with Gasteiger partial charge in [-0.25, -0.2) is 0 Å². The lowest BCUT2D eigenvalue weighted by Gasteiger charge is -2.08. The fourth-order valence-corrected chi connectivity index (χ4v) is 1.95. The summed E-state index contributed by atoms with van der Waals surface area (Å²) in [7, 11) is 3.05. The summed E-state index contributed by atoms with van der Waals surface area (Å²) in [5.41, 5.74) is 0.478. The van der Waals surface area contributed by atoms with E-state index in [1.807, 2.05) is 0 Å². The molecule has 0 radical (unpaired) electrons. The number of hydrogen-bond acceptors (Lipinski definition) is 4. The summed E-state index contributed by atoms with van der Waals surface area (Å²) in [6.07, 6.45) is 3.38. The SMILES string of the molecule is CCCCCC(=O)CC(=O)c1ccc(OC)c(OC)c1. The lowest BCUT2D eigenvalue weighted by Crippen LogP contribution is -2.08. The van der Waals surface area contributed by atoms with Gasteiger partial charge < -0.3 is 9.47 Å². The van der Waals surface area contributed by atoms with Crippen LogP contribution in [0.15, 0.2) is 18.2 Å². The standard InChI is InChI=1S/C16H22O4/c1-4-5-6-7-13(17)11-14(18)12-8-9-15(19-2)16(10-12)20-3/h8-10H,4-7,11H2,1-3H3. The zero-order valence-electron chi connectivity index (χ0n) is 12.4. The molecule has 0 aliphatic rings. The summed E-state index contributed by atoms with van der Waals surface area (Å²) < 4.78 is 10.3. The van der Waals surface area contributed by atoms with Crippen LogP contribution in [-0.4, -0.2) is 25.8 Å². The first-order valence-corrected chi connectivity index (χ1v) is 6.89. The van der Waals surface area contributed by atoms with Gasteiger partial charge in [-0.3, -0.25) is 9.59 Å². The van der Waals surface area contributed by atoms with Crippen molar-refractivity contribution < 1.29 is 19.1 Å². The molecular weight excluding hydrogens is 256 g/mol. The largest absolute Gasteiger partial charge is 0.493 e. The second-order valence-corrected chi connectivity index (χ2v) is 4.67. The van der Waals surface area contributed by atoms with Crippen molar-refractivity contribution in [2.75, 3.05) is 14.2 Å². The van der Waals surface area contributed by atoms with E-state index < -0.39 is 0 Å². The molecule has 0 aromatic heterocycles. The van der Waals surface area contributed by atoms with Crippen molar-refractivity contribution in [3.8, 4) is 11.5 Å². The quantitative estimate of drug-likeness (QED) is 0.394. The van der Waals surface area contributed by atoms with E-state index >= 15 is 0 Å². The average Bonchev–Trinajstić information content (AvgIpc) is 2.46. The molecule has 0 unspecified atom stereocenters. The van der Waals surface area contributed by atoms with E-state index in [9.17, 15) is 9.59 Å². The molecule has 0 N–H and O–H groups in total. The molecule has 0 saturated heterocycles. The Morgan fingerprint density at radius 1 is 1.05 bits per heavy atom. The van der Waals surface area contributed by atoms with Gasteiger partial charge in [-0.15, -0.1) is 0 Å². The van der Waals surface area contributed by atoms with E-state index in [1.165, 1.54) is 14.2 Å². The van der Waals surface area contributed by atoms with Gasteiger partial charge in [-0.05, 0) is 24.6 Å². The Balaban J connectivity index is 2.65. The molecule has 1 rings (SSSR count). The molecule has 110 valence electrons. The molecule has 1 aromatic carbocycles. The summed E-state index contributed by atoms with van der Waals surface area (Å²) in [6, 6.07) is 4.94. The second-order valence-electron chi connectivity index (χ2n) is 4.67. The van der Waals surface area contributed by atoms with Gasteiger partial charge >= 0.3 is 0 Å². The van der Waals surface area contributed by atoms with Crippen molar-refractivity contribution >= 4 is 11.6 Å². The number of carbonyl (C=O) groups is 2. The smallest absolute Gasteiger partial charge is 0.170 e. The maximum atomic E-state index is 12.0. The topological polar surface area (TPSA) is 52.6 Å². The molecule has 4 heteroatoms. The van der Waals surface area contributed by atoms with Crippen LogP contribution in [0.2, 0.25) is 0 Å². The lowest BCUT2D eigenvalue weighted by molar-refractivity contribution is -0.118. The van der Waals surface area contributed by atoms with Gasteiger partial charge in [0.15, 0.2) is 17.3 Å². The Labute approximate surface area is 120 Å². The van der Waals surface area contributed by atoms with Gasteiger partial charge in [0, 0.05) is 12.0 Å². The molecule has 0 bridgehead atoms. The van der Waals surface area contributed by atoms with Crippen molar-refractivity contribution in [3.63, 3.8) is 0 Å². The minimum Gasteiger partial charge on any atom is -0.493 e. The number of benzene rings is 1. The van der Waals surface area contributed by atoms with E-state index in [1.54, 1.807) is 18.2 Å². The maximum Gasteiger partial charge on any atom is 0.170 e. The molecule has 0 aliphatic heterocycles. The van der Waals surface area contributed by atoms with E-state index in [-0.39, 0.29) is 18.0 Å². The van der Waals surface area contributed by atoms with Gasteiger partial charge in [0.05, 0.1) is 20.6 Å². The summed E-state index contributed by atoms with van der Waals surface area (Å²) in [6.45, 7) is 2.08. The van der Waals surface area contributed by atoms with E-state index in [2.05, 4.69) is 6.92 Å². The zero-order chi connectivity index (χ0) is 15.0. The van der Waals surface area contributed by atoms with Crippen LogP contribution < -0.4 is 9.47 Å². The monoisotopic (exact) mass is 278 g/mol. The molecule has 0 saturated carbocycles. The number of Topliss-reactive ketones (excluding diaryl/α,β-unsaturated/α-hetero) is 2. The minimum absolute atomic E-state index is 0.00163. The molecule has 0 fully saturated rings. The van der Waals surface area contributed by atoms with Crippen molar-refractivity contribution in [1.82, 2.24) is 0 Å². The normalized spacial score (nSPS) is 10.2. The van der Waals surface area contributed by atoms with Gasteiger partial charge in [-0.1, -0.05) is 19.8 Å². The molecule has 0 spiro atoms. The Kier molecular flexibility index (Phi) is 6.77. The number of carbonyl (C=O) groups excluding carboxylic acids is 2. The van der Waals surface area contributed by atoms with Gasteiger partial charge in [-0.2, -0.15) is 0 Å². The molecule has 20 heavy (non-hydrogen) atoms. The van der Waals surface area contributed by atoms with Crippen LogP contribution in [0, 0.1) is 0 Å². The third-order valence-electron chi connectivity index (χ3n) is 3.12. The average molecular weight is 278 g/mol. The van der Waals surface area contributed by atoms with Gasteiger partial charge in [0.2, 0.25) is 0 Å². The van der Waals surface area contributed by atoms with Crippen molar-refractivity contribution in [2.45, 2.75) is 39.0 Å². The summed E-state index contributed by atoms with van der Waals surface area (Å²) >= 11 is 0. The van der Waals surface area contributed by atoms with Crippen molar-refractivity contribution in [1.29, 1.82) is 0 Å². The van der Waals surface area contributed by atoms with E-state index in [0.29, 0.717) is 23.5 Å². The van der Waals surface area contributed by atoms with E-state index in [0.717, 1.165) is 19.3 Å². The number of ketones is 2. The van der Waals surface area contributed by atoms with Crippen LogP contribution in [0.4, 0.5) is 0 Å². The zero-order valence-corrected chi connectivity index (χ0v) is 12.4. The summed E-state index contributed by atoms with van der Waals surface area (Å²) in [4.78, 5) is 23.7. The van der Waals surface area contributed by atoms with Crippen LogP contribution in [0.5, 0.6) is 11.5 Å². The third kappa shape index (κ3) is 4.68. The van der Waals surface area contributed by atoms with Crippen LogP contribution in [-0.2, 0) is 4.79 Å². The fraction of sp³-hybridized carbons (Fsp3) is 0.500. The van der Waals surface area contributed by atoms with Crippen LogP contribution in [0.1, 0.15) is 49.4 Å². The maximum absolute atomic E-state index is 12.0. The number of unbranched alkanes of at least 4 members (excludes halogenated alkanes) is 2. The number of hydrogen-bond donors (Lipinski definition) is 0. The molecule has 0 amide bonds. The molecule has 4 nitrogen and oxygen atoms in total. The first-order chi connectivity index (χ1) is 9.62. The molecular formula is C16H22O4. The first kappa shape index (κ1) is 16.2. The minimum atomic E-state index is -0.174. The van der Waals surface area contributed by atoms with Gasteiger partial charge in [0.1, 0.15) is 5.78 Å². The highest BCUT2D eigenvalue weighted by Gasteiger charge is 2.14. The first-order valence-electron chi connectivity index (χ1n) is 6.89. The lowest BCUT2D eigenvalue weighted by atomic mass is 10.0. The Hall–Kier alpha value is -1.84. The van der Waals surface area contributed by atoms with E-state index in [4.69, 9.17) is 9.47 Å². The van der Waals surface area contributed by atoms with Gasteiger partial charge in [0.25, 0.3) is 0 Å². The Morgan fingerprint density at radius 3 is 2.35 bits per heavy atom. The molecule has 0 heterocycles. The number of rotatable bonds is 9. The summed E-state index contributed by atoms with van der Waals surface area (Å²) in [5, 5.41) is 0. The highest BCUT2D eigenvalue weighted by atomic mass is 16.5. The molecule has 0 atom stereocenters. The predicted octanol–water partition coefficient (Wildman–Crippen LogP) is 3.43. The van der Waals surface area contributed by atoms with Crippen LogP contribution in [0.3, 0.4) is 0 Å². The van der Waals surface area contributed by atoms with Crippen molar-refractivity contribution in [2.24, 2.45) is 0 Å². The highest BCUT2D eigenvalue weighted by molar-refractivity contribution is 6.08. The fourth-order valence-electron chi connectivity index (χ4n) is 1.95. The van der Waals surface area contributed by atoms with Crippen molar-refractivity contribution in [3.05, 3.63) is 23.8 Å². The Morgan fingerprint density at radius 2 is 1.75 bits per heavy atom. The highest BCUT2D eigenvalue weighted by Crippen LogP contribution is 2.28. The van der Waals surface area contributed by atoms with Crippen LogP contribution >= 0.6 is 0 Å². The third-order valence-corrected chi connectivity index (χ3v) is 3.12. The van der Waals surface area contributed by atoms with Crippen LogP contribution in [0.25, 0.3) is 0 Å². The predicted molar refractivity (Wildman–Crippen MR) is 77.6 cm³/mol. The Bertz CT molecular complexity index is 466. The summed E-state index contributed by atoms with van der Waals surface area (Å²) in [5.74, 6) is 0.890. The molecule has 1 aromatic rings.